The minimum atomic E-state index is 0.395. The van der Waals surface area contributed by atoms with E-state index in [1.165, 1.54) is 16.8 Å². The molecule has 2 aromatic heterocycles. The first-order chi connectivity index (χ1) is 15.3. The molecule has 3 heterocycles. The molecule has 0 amide bonds. The van der Waals surface area contributed by atoms with Gasteiger partial charge in [0.05, 0.1) is 17.1 Å². The second kappa shape index (κ2) is 9.49. The fourth-order valence-electron chi connectivity index (χ4n) is 4.64. The van der Waals surface area contributed by atoms with Crippen LogP contribution in [0.2, 0.25) is 0 Å². The molecule has 0 unspecified atom stereocenters. The number of hydrogen-bond donors (Lipinski definition) is 1. The Morgan fingerprint density at radius 1 is 1.12 bits per heavy atom. The van der Waals surface area contributed by atoms with Crippen molar-refractivity contribution in [2.75, 3.05) is 13.1 Å². The van der Waals surface area contributed by atoms with E-state index in [4.69, 9.17) is 9.84 Å². The van der Waals surface area contributed by atoms with Gasteiger partial charge in [0.15, 0.2) is 0 Å². The van der Waals surface area contributed by atoms with Gasteiger partial charge in [0.1, 0.15) is 12.4 Å². The molecule has 1 aromatic carbocycles. The van der Waals surface area contributed by atoms with Gasteiger partial charge in [-0.25, -0.2) is 0 Å². The second-order valence-corrected chi connectivity index (χ2v) is 9.74. The lowest BCUT2D eigenvalue weighted by Crippen LogP contribution is -2.20. The normalized spacial score (nSPS) is 17.1. The summed E-state index contributed by atoms with van der Waals surface area (Å²) in [6, 6.07) is 10.9. The van der Waals surface area contributed by atoms with E-state index in [1.54, 1.807) is 0 Å². The summed E-state index contributed by atoms with van der Waals surface area (Å²) < 4.78 is 8.11. The Labute approximate surface area is 192 Å². The van der Waals surface area contributed by atoms with Crippen LogP contribution in [0.1, 0.15) is 85.9 Å². The number of aryl methyl sites for hydroxylation is 1. The van der Waals surface area contributed by atoms with Crippen molar-refractivity contribution in [3.8, 4) is 5.75 Å². The van der Waals surface area contributed by atoms with Crippen LogP contribution in [0.15, 0.2) is 30.3 Å². The lowest BCUT2D eigenvalue weighted by molar-refractivity contribution is 0.301. The summed E-state index contributed by atoms with van der Waals surface area (Å²) in [5.41, 5.74) is 7.32. The molecule has 1 aliphatic heterocycles. The molecule has 32 heavy (non-hydrogen) atoms. The number of nitrogens with one attached hydrogen (secondary N) is 1. The van der Waals surface area contributed by atoms with Crippen LogP contribution in [0, 0.1) is 13.8 Å². The monoisotopic (exact) mass is 435 g/mol. The molecular weight excluding hydrogens is 398 g/mol. The molecule has 1 saturated heterocycles. The molecule has 0 radical (unpaired) electrons. The standard InChI is InChI=1S/C26H37N5O/c1-17(2)21-7-9-24(10-8-21)32-16-23-13-26(28-27-23)22-11-12-30(14-22)15-25-19(5)29-31(18(3)4)20(25)6/h7-10,13,17-18,22H,11-12,14-16H2,1-6H3,(H,27,28)/t22-/m0/s1. The molecule has 6 heteroatoms. The third kappa shape index (κ3) is 4.90. The van der Waals surface area contributed by atoms with E-state index in [0.717, 1.165) is 48.9 Å². The van der Waals surface area contributed by atoms with Crippen LogP contribution in [0.4, 0.5) is 0 Å². The molecule has 4 rings (SSSR count). The van der Waals surface area contributed by atoms with Gasteiger partial charge in [-0.05, 0) is 70.3 Å². The molecule has 0 spiro atoms. The van der Waals surface area contributed by atoms with Crippen molar-refractivity contribution in [3.63, 3.8) is 0 Å². The van der Waals surface area contributed by atoms with Gasteiger partial charge >= 0.3 is 0 Å². The molecule has 0 aliphatic carbocycles. The largest absolute Gasteiger partial charge is 0.487 e. The highest BCUT2D eigenvalue weighted by Gasteiger charge is 2.27. The van der Waals surface area contributed by atoms with Gasteiger partial charge in [0.2, 0.25) is 0 Å². The number of rotatable bonds is 8. The van der Waals surface area contributed by atoms with Crippen LogP contribution < -0.4 is 4.74 Å². The zero-order valence-electron chi connectivity index (χ0n) is 20.4. The van der Waals surface area contributed by atoms with Crippen molar-refractivity contribution >= 4 is 0 Å². The Bertz CT molecular complexity index is 1030. The molecule has 1 N–H and O–H groups in total. The molecular formula is C26H37N5O. The Kier molecular flexibility index (Phi) is 6.70. The van der Waals surface area contributed by atoms with Crippen LogP contribution >= 0.6 is 0 Å². The van der Waals surface area contributed by atoms with Crippen molar-refractivity contribution in [1.29, 1.82) is 0 Å². The van der Waals surface area contributed by atoms with Crippen molar-refractivity contribution < 1.29 is 4.74 Å². The number of aromatic nitrogens is 4. The van der Waals surface area contributed by atoms with E-state index in [0.29, 0.717) is 24.5 Å². The number of benzene rings is 1. The van der Waals surface area contributed by atoms with Gasteiger partial charge in [0.25, 0.3) is 0 Å². The zero-order valence-corrected chi connectivity index (χ0v) is 20.4. The van der Waals surface area contributed by atoms with Gasteiger partial charge < -0.3 is 4.74 Å². The minimum Gasteiger partial charge on any atom is -0.487 e. The maximum atomic E-state index is 5.96. The smallest absolute Gasteiger partial charge is 0.130 e. The molecule has 172 valence electrons. The average Bonchev–Trinajstić information content (AvgIpc) is 3.48. The average molecular weight is 436 g/mol. The highest BCUT2D eigenvalue weighted by Crippen LogP contribution is 2.29. The number of ether oxygens (including phenoxy) is 1. The summed E-state index contributed by atoms with van der Waals surface area (Å²) in [6.45, 7) is 16.7. The van der Waals surface area contributed by atoms with E-state index in [2.05, 4.69) is 79.5 Å². The van der Waals surface area contributed by atoms with Crippen LogP contribution in [-0.4, -0.2) is 38.0 Å². The van der Waals surface area contributed by atoms with Crippen LogP contribution in [0.5, 0.6) is 5.75 Å². The van der Waals surface area contributed by atoms with Gasteiger partial charge in [-0.15, -0.1) is 0 Å². The van der Waals surface area contributed by atoms with E-state index in [-0.39, 0.29) is 0 Å². The lowest BCUT2D eigenvalue weighted by atomic mass is 10.0. The first kappa shape index (κ1) is 22.6. The summed E-state index contributed by atoms with van der Waals surface area (Å²) in [6.07, 6.45) is 1.14. The Balaban J connectivity index is 1.32. The van der Waals surface area contributed by atoms with E-state index in [9.17, 15) is 0 Å². The fourth-order valence-corrected chi connectivity index (χ4v) is 4.64. The quantitative estimate of drug-likeness (QED) is 0.508. The second-order valence-electron chi connectivity index (χ2n) is 9.74. The first-order valence-corrected chi connectivity index (χ1v) is 11.9. The number of H-pyrrole nitrogens is 1. The number of aromatic amines is 1. The van der Waals surface area contributed by atoms with Crippen molar-refractivity contribution in [2.45, 2.75) is 79.0 Å². The molecule has 3 aromatic rings. The van der Waals surface area contributed by atoms with E-state index in [1.807, 2.05) is 12.1 Å². The Hall–Kier alpha value is -2.60. The first-order valence-electron chi connectivity index (χ1n) is 11.9. The number of likely N-dealkylation sites (tertiary alicyclic amines) is 1. The summed E-state index contributed by atoms with van der Waals surface area (Å²) >= 11 is 0. The predicted octanol–water partition coefficient (Wildman–Crippen LogP) is 5.50. The third-order valence-electron chi connectivity index (χ3n) is 6.63. The number of nitrogens with zero attached hydrogens (tertiary/aromatic N) is 4. The highest BCUT2D eigenvalue weighted by molar-refractivity contribution is 5.29. The van der Waals surface area contributed by atoms with Crippen molar-refractivity contribution in [3.05, 3.63) is 64.2 Å². The van der Waals surface area contributed by atoms with E-state index >= 15 is 0 Å². The minimum absolute atomic E-state index is 0.395. The van der Waals surface area contributed by atoms with Crippen LogP contribution in [0.3, 0.4) is 0 Å². The molecule has 6 nitrogen and oxygen atoms in total. The topological polar surface area (TPSA) is 59.0 Å². The fraction of sp³-hybridized carbons (Fsp3) is 0.538. The molecule has 0 bridgehead atoms. The number of hydrogen-bond acceptors (Lipinski definition) is 4. The van der Waals surface area contributed by atoms with Gasteiger partial charge in [0, 0.05) is 36.3 Å². The highest BCUT2D eigenvalue weighted by atomic mass is 16.5. The van der Waals surface area contributed by atoms with Gasteiger partial charge in [-0.3, -0.25) is 14.7 Å². The van der Waals surface area contributed by atoms with Crippen molar-refractivity contribution in [1.82, 2.24) is 24.9 Å². The summed E-state index contributed by atoms with van der Waals surface area (Å²) in [7, 11) is 0. The molecule has 1 atom stereocenters. The van der Waals surface area contributed by atoms with Gasteiger partial charge in [-0.2, -0.15) is 10.2 Å². The zero-order chi connectivity index (χ0) is 22.8. The summed E-state index contributed by atoms with van der Waals surface area (Å²) in [4.78, 5) is 2.54. The molecule has 0 saturated carbocycles. The van der Waals surface area contributed by atoms with E-state index < -0.39 is 0 Å². The maximum Gasteiger partial charge on any atom is 0.130 e. The predicted molar refractivity (Wildman–Crippen MR) is 128 cm³/mol. The lowest BCUT2D eigenvalue weighted by Gasteiger charge is -2.16. The maximum absolute atomic E-state index is 5.96. The van der Waals surface area contributed by atoms with Crippen LogP contribution in [-0.2, 0) is 13.2 Å². The van der Waals surface area contributed by atoms with Crippen LogP contribution in [0.25, 0.3) is 0 Å². The van der Waals surface area contributed by atoms with Gasteiger partial charge in [-0.1, -0.05) is 26.0 Å². The third-order valence-corrected chi connectivity index (χ3v) is 6.63. The SMILES string of the molecule is Cc1nn(C(C)C)c(C)c1CN1CC[C@H](c2cc(COc3ccc(C(C)C)cc3)[nH]n2)C1. The molecule has 1 aliphatic rings. The van der Waals surface area contributed by atoms with Crippen molar-refractivity contribution in [2.24, 2.45) is 0 Å². The summed E-state index contributed by atoms with van der Waals surface area (Å²) in [5, 5.41) is 12.5. The Morgan fingerprint density at radius 3 is 2.53 bits per heavy atom. The summed E-state index contributed by atoms with van der Waals surface area (Å²) in [5.74, 6) is 1.89. The molecule has 1 fully saturated rings. The Morgan fingerprint density at radius 2 is 1.88 bits per heavy atom.